The molecule has 0 radical (unpaired) electrons. The average molecular weight is 259 g/mol. The Bertz CT molecular complexity index is 328. The Kier molecular flexibility index (Phi) is 6.82. The van der Waals surface area contributed by atoms with Crippen molar-refractivity contribution < 1.29 is 14.2 Å². The van der Waals surface area contributed by atoms with Crippen molar-refractivity contribution in [3.8, 4) is 11.5 Å². The van der Waals surface area contributed by atoms with Gasteiger partial charge < -0.3 is 14.2 Å². The largest absolute Gasteiger partial charge is 0.497 e. The van der Waals surface area contributed by atoms with Crippen molar-refractivity contribution in [2.24, 2.45) is 0 Å². The minimum absolute atomic E-state index is 0.405. The Morgan fingerprint density at radius 3 is 2.65 bits per heavy atom. The van der Waals surface area contributed by atoms with Gasteiger partial charge in [0, 0.05) is 12.2 Å². The van der Waals surface area contributed by atoms with Crippen LogP contribution in [0.1, 0.15) is 18.9 Å². The summed E-state index contributed by atoms with van der Waals surface area (Å²) in [5.74, 6) is 1.98. The van der Waals surface area contributed by atoms with Gasteiger partial charge in [0.05, 0.1) is 19.6 Å². The third kappa shape index (κ3) is 4.84. The lowest BCUT2D eigenvalue weighted by Crippen LogP contribution is -2.08. The number of methoxy groups -OCH3 is 1. The maximum atomic E-state index is 5.86. The van der Waals surface area contributed by atoms with Crippen LogP contribution in [-0.4, -0.2) is 26.9 Å². The quantitative estimate of drug-likeness (QED) is 0.529. The highest BCUT2D eigenvalue weighted by Crippen LogP contribution is 2.25. The third-order valence-electron chi connectivity index (χ3n) is 2.25. The summed E-state index contributed by atoms with van der Waals surface area (Å²) in [7, 11) is 1.63. The summed E-state index contributed by atoms with van der Waals surface area (Å²) in [6.45, 7) is 3.99. The topological polar surface area (TPSA) is 27.7 Å². The van der Waals surface area contributed by atoms with E-state index in [1.807, 2.05) is 18.2 Å². The van der Waals surface area contributed by atoms with Gasteiger partial charge in [0.1, 0.15) is 18.1 Å². The van der Waals surface area contributed by atoms with Crippen LogP contribution in [0.3, 0.4) is 0 Å². The maximum Gasteiger partial charge on any atom is 0.124 e. The van der Waals surface area contributed by atoms with Crippen LogP contribution in [0, 0.1) is 0 Å². The zero-order chi connectivity index (χ0) is 12.5. The standard InChI is InChI=1S/C13H19ClO3/c1-3-6-16-7-8-17-13-5-4-12(15-2)9-11(13)10-14/h4-5,9H,3,6-8,10H2,1-2H3. The first kappa shape index (κ1) is 14.1. The van der Waals surface area contributed by atoms with E-state index in [-0.39, 0.29) is 0 Å². The van der Waals surface area contributed by atoms with E-state index >= 15 is 0 Å². The summed E-state index contributed by atoms with van der Waals surface area (Å²) in [5.41, 5.74) is 0.932. The molecule has 0 aliphatic carbocycles. The SMILES string of the molecule is CCCOCCOc1ccc(OC)cc1CCl. The molecule has 0 N–H and O–H groups in total. The summed E-state index contributed by atoms with van der Waals surface area (Å²) in [5, 5.41) is 0. The fourth-order valence-electron chi connectivity index (χ4n) is 1.38. The van der Waals surface area contributed by atoms with E-state index in [2.05, 4.69) is 6.92 Å². The van der Waals surface area contributed by atoms with Gasteiger partial charge in [0.15, 0.2) is 0 Å². The molecule has 0 spiro atoms. The highest BCUT2D eigenvalue weighted by molar-refractivity contribution is 6.17. The molecule has 1 aromatic carbocycles. The smallest absolute Gasteiger partial charge is 0.124 e. The molecule has 0 unspecified atom stereocenters. The van der Waals surface area contributed by atoms with Crippen molar-refractivity contribution in [2.75, 3.05) is 26.9 Å². The fraction of sp³-hybridized carbons (Fsp3) is 0.538. The molecular formula is C13H19ClO3. The van der Waals surface area contributed by atoms with Crippen LogP contribution in [0.25, 0.3) is 0 Å². The second-order valence-electron chi connectivity index (χ2n) is 3.57. The summed E-state index contributed by atoms with van der Waals surface area (Å²) in [6.07, 6.45) is 1.02. The number of hydrogen-bond donors (Lipinski definition) is 0. The lowest BCUT2D eigenvalue weighted by Gasteiger charge is -2.11. The molecule has 0 aliphatic heterocycles. The lowest BCUT2D eigenvalue weighted by molar-refractivity contribution is 0.100. The van der Waals surface area contributed by atoms with Gasteiger partial charge in [-0.3, -0.25) is 0 Å². The van der Waals surface area contributed by atoms with Gasteiger partial charge in [-0.2, -0.15) is 0 Å². The van der Waals surface area contributed by atoms with Gasteiger partial charge in [-0.1, -0.05) is 6.92 Å². The molecule has 0 fully saturated rings. The van der Waals surface area contributed by atoms with Gasteiger partial charge in [-0.05, 0) is 24.6 Å². The van der Waals surface area contributed by atoms with E-state index in [1.54, 1.807) is 7.11 Å². The number of halogens is 1. The Hall–Kier alpha value is -0.930. The Balaban J connectivity index is 2.46. The van der Waals surface area contributed by atoms with Crippen LogP contribution in [0.15, 0.2) is 18.2 Å². The van der Waals surface area contributed by atoms with Gasteiger partial charge in [-0.25, -0.2) is 0 Å². The Morgan fingerprint density at radius 2 is 2.00 bits per heavy atom. The van der Waals surface area contributed by atoms with Crippen molar-refractivity contribution in [3.63, 3.8) is 0 Å². The van der Waals surface area contributed by atoms with E-state index in [4.69, 9.17) is 25.8 Å². The van der Waals surface area contributed by atoms with Gasteiger partial charge in [0.25, 0.3) is 0 Å². The number of benzene rings is 1. The number of ether oxygens (including phenoxy) is 3. The van der Waals surface area contributed by atoms with Crippen LogP contribution in [0.4, 0.5) is 0 Å². The van der Waals surface area contributed by atoms with Gasteiger partial charge >= 0.3 is 0 Å². The molecule has 0 saturated carbocycles. The molecule has 96 valence electrons. The van der Waals surface area contributed by atoms with Crippen molar-refractivity contribution in [1.29, 1.82) is 0 Å². The molecule has 4 heteroatoms. The van der Waals surface area contributed by atoms with Crippen molar-refractivity contribution in [3.05, 3.63) is 23.8 Å². The molecule has 1 rings (SSSR count). The summed E-state index contributed by atoms with van der Waals surface area (Å²) >= 11 is 5.86. The molecular weight excluding hydrogens is 240 g/mol. The Labute approximate surface area is 108 Å². The highest BCUT2D eigenvalue weighted by atomic mass is 35.5. The predicted molar refractivity (Wildman–Crippen MR) is 69.2 cm³/mol. The molecule has 0 heterocycles. The van der Waals surface area contributed by atoms with Crippen molar-refractivity contribution >= 4 is 11.6 Å². The average Bonchev–Trinajstić information content (AvgIpc) is 2.38. The second kappa shape index (κ2) is 8.20. The van der Waals surface area contributed by atoms with Crippen molar-refractivity contribution in [2.45, 2.75) is 19.2 Å². The normalized spacial score (nSPS) is 10.3. The highest BCUT2D eigenvalue weighted by Gasteiger charge is 2.04. The van der Waals surface area contributed by atoms with Gasteiger partial charge in [0.2, 0.25) is 0 Å². The fourth-order valence-corrected chi connectivity index (χ4v) is 1.59. The molecule has 0 aliphatic rings. The van der Waals surface area contributed by atoms with E-state index in [0.717, 1.165) is 30.1 Å². The first-order chi connectivity index (χ1) is 8.31. The van der Waals surface area contributed by atoms with Crippen LogP contribution in [0.5, 0.6) is 11.5 Å². The summed E-state index contributed by atoms with van der Waals surface area (Å²) in [4.78, 5) is 0. The second-order valence-corrected chi connectivity index (χ2v) is 3.84. The Morgan fingerprint density at radius 1 is 1.18 bits per heavy atom. The number of alkyl halides is 1. The van der Waals surface area contributed by atoms with E-state index in [9.17, 15) is 0 Å². The van der Waals surface area contributed by atoms with Crippen LogP contribution in [-0.2, 0) is 10.6 Å². The molecule has 0 atom stereocenters. The van der Waals surface area contributed by atoms with Crippen LogP contribution in [0.2, 0.25) is 0 Å². The first-order valence-corrected chi connectivity index (χ1v) is 6.28. The molecule has 17 heavy (non-hydrogen) atoms. The molecule has 3 nitrogen and oxygen atoms in total. The summed E-state index contributed by atoms with van der Waals surface area (Å²) < 4.78 is 16.1. The number of hydrogen-bond acceptors (Lipinski definition) is 3. The predicted octanol–water partition coefficient (Wildman–Crippen LogP) is 3.24. The first-order valence-electron chi connectivity index (χ1n) is 5.75. The molecule has 0 saturated heterocycles. The van der Waals surface area contributed by atoms with E-state index in [1.165, 1.54) is 0 Å². The van der Waals surface area contributed by atoms with Crippen LogP contribution < -0.4 is 9.47 Å². The van der Waals surface area contributed by atoms with E-state index in [0.29, 0.717) is 19.1 Å². The maximum absolute atomic E-state index is 5.86. The van der Waals surface area contributed by atoms with Gasteiger partial charge in [-0.15, -0.1) is 11.6 Å². The molecule has 0 aromatic heterocycles. The monoisotopic (exact) mass is 258 g/mol. The zero-order valence-corrected chi connectivity index (χ0v) is 11.1. The zero-order valence-electron chi connectivity index (χ0n) is 10.4. The molecule has 0 bridgehead atoms. The summed E-state index contributed by atoms with van der Waals surface area (Å²) in [6, 6.07) is 5.61. The lowest BCUT2D eigenvalue weighted by atomic mass is 10.2. The minimum atomic E-state index is 0.405. The molecule has 0 amide bonds. The molecule has 1 aromatic rings. The van der Waals surface area contributed by atoms with Crippen molar-refractivity contribution in [1.82, 2.24) is 0 Å². The van der Waals surface area contributed by atoms with E-state index < -0.39 is 0 Å². The van der Waals surface area contributed by atoms with Crippen LogP contribution >= 0.6 is 11.6 Å². The minimum Gasteiger partial charge on any atom is -0.497 e. The third-order valence-corrected chi connectivity index (χ3v) is 2.53. The number of rotatable bonds is 8.